The van der Waals surface area contributed by atoms with E-state index < -0.39 is 0 Å². The van der Waals surface area contributed by atoms with Crippen molar-refractivity contribution in [1.29, 1.82) is 0 Å². The number of piperidine rings is 1. The normalized spacial score (nSPS) is 19.3. The van der Waals surface area contributed by atoms with Gasteiger partial charge >= 0.3 is 0 Å². The standard InChI is InChI=1S/C13H17NO3/c1-2-6-14(7-3-1)9-15-11-4-5-12-13(8-11)17-10-16-12/h4-5,8H,1-3,6-7,9-10H2. The van der Waals surface area contributed by atoms with Crippen LogP contribution in [0, 0.1) is 0 Å². The van der Waals surface area contributed by atoms with Crippen LogP contribution in [0.4, 0.5) is 0 Å². The Morgan fingerprint density at radius 3 is 2.76 bits per heavy atom. The molecule has 0 spiro atoms. The van der Waals surface area contributed by atoms with Crippen molar-refractivity contribution in [3.63, 3.8) is 0 Å². The van der Waals surface area contributed by atoms with Crippen LogP contribution in [0.2, 0.25) is 0 Å². The first-order chi connectivity index (χ1) is 8.42. The summed E-state index contributed by atoms with van der Waals surface area (Å²) in [6, 6.07) is 5.72. The Labute approximate surface area is 101 Å². The van der Waals surface area contributed by atoms with Gasteiger partial charge < -0.3 is 14.2 Å². The molecule has 0 N–H and O–H groups in total. The van der Waals surface area contributed by atoms with Crippen molar-refractivity contribution in [2.45, 2.75) is 19.3 Å². The first-order valence-corrected chi connectivity index (χ1v) is 6.17. The minimum atomic E-state index is 0.310. The van der Waals surface area contributed by atoms with E-state index in [0.717, 1.165) is 30.3 Å². The molecule has 4 heteroatoms. The summed E-state index contributed by atoms with van der Waals surface area (Å²) in [5, 5.41) is 0. The summed E-state index contributed by atoms with van der Waals surface area (Å²) in [7, 11) is 0. The topological polar surface area (TPSA) is 30.9 Å². The van der Waals surface area contributed by atoms with E-state index in [9.17, 15) is 0 Å². The lowest BCUT2D eigenvalue weighted by molar-refractivity contribution is 0.106. The van der Waals surface area contributed by atoms with Gasteiger partial charge in [0.05, 0.1) is 0 Å². The second kappa shape index (κ2) is 4.84. The molecule has 17 heavy (non-hydrogen) atoms. The molecule has 0 saturated carbocycles. The summed E-state index contributed by atoms with van der Waals surface area (Å²) in [6.07, 6.45) is 3.91. The quantitative estimate of drug-likeness (QED) is 0.804. The minimum absolute atomic E-state index is 0.310. The highest BCUT2D eigenvalue weighted by Gasteiger charge is 2.15. The molecule has 1 saturated heterocycles. The molecule has 4 nitrogen and oxygen atoms in total. The van der Waals surface area contributed by atoms with Crippen molar-refractivity contribution in [3.8, 4) is 17.2 Å². The molecule has 2 aliphatic rings. The van der Waals surface area contributed by atoms with E-state index >= 15 is 0 Å². The number of ether oxygens (including phenoxy) is 3. The third-order valence-electron chi connectivity index (χ3n) is 3.21. The van der Waals surface area contributed by atoms with E-state index in [1.54, 1.807) is 0 Å². The Morgan fingerprint density at radius 1 is 1.06 bits per heavy atom. The Bertz CT molecular complexity index is 388. The molecule has 0 unspecified atom stereocenters. The van der Waals surface area contributed by atoms with Crippen LogP contribution in [0.15, 0.2) is 18.2 Å². The van der Waals surface area contributed by atoms with E-state index in [-0.39, 0.29) is 0 Å². The molecule has 0 amide bonds. The summed E-state index contributed by atoms with van der Waals surface area (Å²) < 4.78 is 16.3. The predicted octanol–water partition coefficient (Wildman–Crippen LogP) is 2.24. The lowest BCUT2D eigenvalue weighted by Gasteiger charge is -2.26. The molecule has 92 valence electrons. The van der Waals surface area contributed by atoms with Crippen LogP contribution in [0.5, 0.6) is 17.2 Å². The Balaban J connectivity index is 1.57. The summed E-state index contributed by atoms with van der Waals surface area (Å²) in [5.41, 5.74) is 0. The molecule has 0 radical (unpaired) electrons. The van der Waals surface area contributed by atoms with Crippen LogP contribution >= 0.6 is 0 Å². The molecule has 2 heterocycles. The van der Waals surface area contributed by atoms with Gasteiger partial charge in [-0.2, -0.15) is 0 Å². The van der Waals surface area contributed by atoms with Gasteiger partial charge in [-0.05, 0) is 25.0 Å². The van der Waals surface area contributed by atoms with Crippen molar-refractivity contribution in [1.82, 2.24) is 4.90 Å². The maximum Gasteiger partial charge on any atom is 0.231 e. The summed E-state index contributed by atoms with van der Waals surface area (Å²) in [6.45, 7) is 3.26. The average molecular weight is 235 g/mol. The van der Waals surface area contributed by atoms with Crippen LogP contribution in [0.3, 0.4) is 0 Å². The Morgan fingerprint density at radius 2 is 1.88 bits per heavy atom. The maximum absolute atomic E-state index is 5.76. The number of hydrogen-bond acceptors (Lipinski definition) is 4. The molecular weight excluding hydrogens is 218 g/mol. The second-order valence-corrected chi connectivity index (χ2v) is 4.47. The van der Waals surface area contributed by atoms with Crippen molar-refractivity contribution in [2.24, 2.45) is 0 Å². The maximum atomic E-state index is 5.76. The Hall–Kier alpha value is -1.42. The highest BCUT2D eigenvalue weighted by Crippen LogP contribution is 2.35. The number of rotatable bonds is 3. The third kappa shape index (κ3) is 2.47. The zero-order valence-electron chi connectivity index (χ0n) is 9.85. The van der Waals surface area contributed by atoms with Crippen molar-refractivity contribution in [2.75, 3.05) is 26.6 Å². The van der Waals surface area contributed by atoms with E-state index in [1.807, 2.05) is 18.2 Å². The van der Waals surface area contributed by atoms with E-state index in [1.165, 1.54) is 19.3 Å². The minimum Gasteiger partial charge on any atom is -0.478 e. The molecule has 1 aromatic carbocycles. The van der Waals surface area contributed by atoms with Crippen molar-refractivity contribution >= 4 is 0 Å². The van der Waals surface area contributed by atoms with Crippen LogP contribution in [-0.2, 0) is 0 Å². The van der Waals surface area contributed by atoms with Gasteiger partial charge in [0.1, 0.15) is 12.5 Å². The van der Waals surface area contributed by atoms with E-state index in [0.29, 0.717) is 13.5 Å². The predicted molar refractivity (Wildman–Crippen MR) is 63.5 cm³/mol. The van der Waals surface area contributed by atoms with E-state index in [2.05, 4.69) is 4.90 Å². The molecule has 3 rings (SSSR count). The lowest BCUT2D eigenvalue weighted by Crippen LogP contribution is -2.33. The number of nitrogens with zero attached hydrogens (tertiary/aromatic N) is 1. The first kappa shape index (κ1) is 10.7. The average Bonchev–Trinajstić information content (AvgIpc) is 2.85. The number of hydrogen-bond donors (Lipinski definition) is 0. The summed E-state index contributed by atoms with van der Waals surface area (Å²) in [5.74, 6) is 2.43. The number of benzene rings is 1. The van der Waals surface area contributed by atoms with E-state index in [4.69, 9.17) is 14.2 Å². The highest BCUT2D eigenvalue weighted by atomic mass is 16.7. The summed E-state index contributed by atoms with van der Waals surface area (Å²) in [4.78, 5) is 2.34. The van der Waals surface area contributed by atoms with Crippen LogP contribution < -0.4 is 14.2 Å². The molecule has 1 fully saturated rings. The van der Waals surface area contributed by atoms with Crippen LogP contribution in [0.1, 0.15) is 19.3 Å². The highest BCUT2D eigenvalue weighted by molar-refractivity contribution is 5.46. The van der Waals surface area contributed by atoms with Gasteiger partial charge in [0.2, 0.25) is 6.79 Å². The van der Waals surface area contributed by atoms with Gasteiger partial charge in [0.25, 0.3) is 0 Å². The largest absolute Gasteiger partial charge is 0.478 e. The molecule has 0 aliphatic carbocycles. The molecule has 2 aliphatic heterocycles. The van der Waals surface area contributed by atoms with Crippen molar-refractivity contribution < 1.29 is 14.2 Å². The Kier molecular flexibility index (Phi) is 3.05. The SMILES string of the molecule is c1cc2c(cc1OCN1CCCCC1)OCO2. The first-order valence-electron chi connectivity index (χ1n) is 6.17. The molecule has 1 aromatic rings. The molecule has 0 aromatic heterocycles. The molecule has 0 atom stereocenters. The molecular formula is C13H17NO3. The zero-order chi connectivity index (χ0) is 11.5. The van der Waals surface area contributed by atoms with Gasteiger partial charge in [0, 0.05) is 19.2 Å². The van der Waals surface area contributed by atoms with Crippen LogP contribution in [0.25, 0.3) is 0 Å². The van der Waals surface area contributed by atoms with Gasteiger partial charge in [-0.25, -0.2) is 0 Å². The lowest BCUT2D eigenvalue weighted by atomic mass is 10.1. The molecule has 0 bridgehead atoms. The van der Waals surface area contributed by atoms with Crippen molar-refractivity contribution in [3.05, 3.63) is 18.2 Å². The fourth-order valence-electron chi connectivity index (χ4n) is 2.22. The van der Waals surface area contributed by atoms with Gasteiger partial charge in [-0.15, -0.1) is 0 Å². The fourth-order valence-corrected chi connectivity index (χ4v) is 2.22. The smallest absolute Gasteiger partial charge is 0.231 e. The monoisotopic (exact) mass is 235 g/mol. The summed E-state index contributed by atoms with van der Waals surface area (Å²) >= 11 is 0. The van der Waals surface area contributed by atoms with Gasteiger partial charge in [-0.1, -0.05) is 6.42 Å². The fraction of sp³-hybridized carbons (Fsp3) is 0.538. The van der Waals surface area contributed by atoms with Crippen LogP contribution in [-0.4, -0.2) is 31.5 Å². The third-order valence-corrected chi connectivity index (χ3v) is 3.21. The zero-order valence-corrected chi connectivity index (χ0v) is 9.85. The van der Waals surface area contributed by atoms with Gasteiger partial charge in [0.15, 0.2) is 11.5 Å². The number of likely N-dealkylation sites (tertiary alicyclic amines) is 1. The van der Waals surface area contributed by atoms with Gasteiger partial charge in [-0.3, -0.25) is 4.90 Å². The number of fused-ring (bicyclic) bond motifs is 1. The second-order valence-electron chi connectivity index (χ2n) is 4.47.